The summed E-state index contributed by atoms with van der Waals surface area (Å²) in [5, 5.41) is 8.23. The molecular weight excluding hydrogens is 624 g/mol. The summed E-state index contributed by atoms with van der Waals surface area (Å²) in [5.41, 5.74) is 1.10. The first-order chi connectivity index (χ1) is 22.7. The van der Waals surface area contributed by atoms with E-state index in [1.807, 2.05) is 52.0 Å². The smallest absolute Gasteiger partial charge is 0.408 e. The zero-order chi connectivity index (χ0) is 36.5. The van der Waals surface area contributed by atoms with Crippen molar-refractivity contribution in [1.82, 2.24) is 20.9 Å². The van der Waals surface area contributed by atoms with E-state index in [1.54, 1.807) is 25.7 Å². The van der Waals surface area contributed by atoms with E-state index in [0.717, 1.165) is 11.1 Å². The van der Waals surface area contributed by atoms with E-state index in [9.17, 15) is 28.8 Å². The SMILES string of the molecule is CCCC(NC(=O)[C@@H]1C2C(CN1C(=O)[C@@H](NC(=O)OC(C)(C)C)C1Cc3ccccc3C1)C2(C)C)C(=O)C(=O)NCCC(=O)CC(C)(C)C. The predicted molar refractivity (Wildman–Crippen MR) is 185 cm³/mol. The molecule has 0 bridgehead atoms. The number of fused-ring (bicyclic) bond motifs is 2. The number of benzene rings is 1. The minimum atomic E-state index is -1.08. The summed E-state index contributed by atoms with van der Waals surface area (Å²) in [6, 6.07) is 5.08. The van der Waals surface area contributed by atoms with Crippen molar-refractivity contribution in [2.75, 3.05) is 13.1 Å². The van der Waals surface area contributed by atoms with Gasteiger partial charge in [-0.05, 0) is 79.7 Å². The van der Waals surface area contributed by atoms with E-state index < -0.39 is 47.4 Å². The fourth-order valence-electron chi connectivity index (χ4n) is 7.69. The number of carbonyl (C=O) groups is 6. The Kier molecular flexibility index (Phi) is 11.3. The summed E-state index contributed by atoms with van der Waals surface area (Å²) >= 11 is 0. The molecule has 1 heterocycles. The Bertz CT molecular complexity index is 1430. The van der Waals surface area contributed by atoms with E-state index in [0.29, 0.717) is 32.2 Å². The largest absolute Gasteiger partial charge is 0.444 e. The van der Waals surface area contributed by atoms with Gasteiger partial charge in [0.05, 0.1) is 6.04 Å². The van der Waals surface area contributed by atoms with Crippen LogP contribution >= 0.6 is 0 Å². The van der Waals surface area contributed by atoms with Gasteiger partial charge in [0.2, 0.25) is 17.6 Å². The number of likely N-dealkylation sites (tertiary alicyclic amines) is 1. The van der Waals surface area contributed by atoms with Crippen LogP contribution in [0.15, 0.2) is 24.3 Å². The number of ketones is 2. The van der Waals surface area contributed by atoms with Gasteiger partial charge in [-0.2, -0.15) is 0 Å². The van der Waals surface area contributed by atoms with E-state index in [-0.39, 0.29) is 59.7 Å². The van der Waals surface area contributed by atoms with Crippen molar-refractivity contribution in [2.24, 2.45) is 28.6 Å². The number of ether oxygens (including phenoxy) is 1. The Labute approximate surface area is 291 Å². The fourth-order valence-corrected chi connectivity index (χ4v) is 7.69. The molecule has 2 aliphatic carbocycles. The molecule has 0 aromatic heterocycles. The van der Waals surface area contributed by atoms with Crippen LogP contribution < -0.4 is 16.0 Å². The van der Waals surface area contributed by atoms with E-state index in [4.69, 9.17) is 4.74 Å². The van der Waals surface area contributed by atoms with Crippen LogP contribution in [0.4, 0.5) is 4.79 Å². The minimum absolute atomic E-state index is 0.00722. The van der Waals surface area contributed by atoms with Crippen LogP contribution in [0.3, 0.4) is 0 Å². The van der Waals surface area contributed by atoms with E-state index in [1.165, 1.54) is 0 Å². The Morgan fingerprint density at radius 1 is 0.959 bits per heavy atom. The summed E-state index contributed by atoms with van der Waals surface area (Å²) in [4.78, 5) is 81.7. The number of hydrogen-bond donors (Lipinski definition) is 3. The summed E-state index contributed by atoms with van der Waals surface area (Å²) in [5.74, 6) is -2.79. The van der Waals surface area contributed by atoms with Gasteiger partial charge in [0.1, 0.15) is 23.5 Å². The van der Waals surface area contributed by atoms with Crippen molar-refractivity contribution in [1.29, 1.82) is 0 Å². The molecule has 11 nitrogen and oxygen atoms in total. The van der Waals surface area contributed by atoms with Crippen LogP contribution in [0.25, 0.3) is 0 Å². The third-order valence-electron chi connectivity index (χ3n) is 10.1. The highest BCUT2D eigenvalue weighted by Crippen LogP contribution is 2.65. The monoisotopic (exact) mass is 680 g/mol. The highest BCUT2D eigenvalue weighted by atomic mass is 16.6. The first-order valence-corrected chi connectivity index (χ1v) is 17.7. The van der Waals surface area contributed by atoms with Crippen molar-refractivity contribution in [2.45, 2.75) is 125 Å². The van der Waals surface area contributed by atoms with Gasteiger partial charge in [0.15, 0.2) is 0 Å². The van der Waals surface area contributed by atoms with Gasteiger partial charge in [-0.25, -0.2) is 4.79 Å². The number of nitrogens with one attached hydrogen (secondary N) is 3. The van der Waals surface area contributed by atoms with Crippen molar-refractivity contribution in [3.8, 4) is 0 Å². The highest BCUT2D eigenvalue weighted by molar-refractivity contribution is 6.38. The molecule has 5 atom stereocenters. The molecule has 1 saturated heterocycles. The number of nitrogens with zero attached hydrogens (tertiary/aromatic N) is 1. The Hall–Kier alpha value is -3.76. The molecule has 49 heavy (non-hydrogen) atoms. The second kappa shape index (κ2) is 14.6. The predicted octanol–water partition coefficient (Wildman–Crippen LogP) is 4.14. The molecule has 1 saturated carbocycles. The molecule has 1 aromatic rings. The molecule has 3 aliphatic rings. The molecule has 3 N–H and O–H groups in total. The quantitative estimate of drug-likeness (QED) is 0.265. The van der Waals surface area contributed by atoms with Crippen molar-refractivity contribution in [3.05, 3.63) is 35.4 Å². The average molecular weight is 681 g/mol. The molecule has 2 fully saturated rings. The maximum absolute atomic E-state index is 14.5. The standard InChI is InChI=1S/C38H56N4O7/c1-10-13-27(31(44)33(46)39-17-16-25(43)20-36(2,3)4)40-32(45)30-28-26(38(28,8)9)21-42(30)34(47)29(41-35(48)49-37(5,6)7)24-18-22-14-11-12-15-23(22)19-24/h11-12,14-15,24,26-30H,10,13,16-21H2,1-9H3,(H,39,46)(H,40,45)(H,41,48)/t26?,27?,28?,29-,30-/m0/s1. The second-order valence-corrected chi connectivity index (χ2v) is 16.9. The van der Waals surface area contributed by atoms with Crippen molar-refractivity contribution in [3.63, 3.8) is 0 Å². The fraction of sp³-hybridized carbons (Fsp3) is 0.684. The first-order valence-electron chi connectivity index (χ1n) is 17.7. The van der Waals surface area contributed by atoms with Crippen LogP contribution in [0.2, 0.25) is 0 Å². The van der Waals surface area contributed by atoms with Crippen LogP contribution in [0.1, 0.15) is 99.1 Å². The van der Waals surface area contributed by atoms with Gasteiger partial charge in [0.25, 0.3) is 5.91 Å². The molecule has 0 spiro atoms. The Balaban J connectivity index is 1.50. The minimum Gasteiger partial charge on any atom is -0.444 e. The summed E-state index contributed by atoms with van der Waals surface area (Å²) < 4.78 is 5.55. The van der Waals surface area contributed by atoms with Gasteiger partial charge in [-0.1, -0.05) is 72.2 Å². The number of hydrogen-bond acceptors (Lipinski definition) is 7. The lowest BCUT2D eigenvalue weighted by molar-refractivity contribution is -0.144. The maximum atomic E-state index is 14.5. The zero-order valence-corrected chi connectivity index (χ0v) is 30.7. The zero-order valence-electron chi connectivity index (χ0n) is 30.7. The lowest BCUT2D eigenvalue weighted by atomic mass is 9.89. The highest BCUT2D eigenvalue weighted by Gasteiger charge is 2.69. The summed E-state index contributed by atoms with van der Waals surface area (Å²) in [6.45, 7) is 17.5. The Morgan fingerprint density at radius 3 is 2.12 bits per heavy atom. The molecule has 11 heteroatoms. The molecule has 0 radical (unpaired) electrons. The number of Topliss-reactive ketones (excluding diaryl/α,β-unsaturated/α-hetero) is 2. The average Bonchev–Trinajstić information content (AvgIpc) is 3.33. The van der Waals surface area contributed by atoms with Gasteiger partial charge in [-0.15, -0.1) is 0 Å². The molecule has 270 valence electrons. The lowest BCUT2D eigenvalue weighted by Crippen LogP contribution is -2.59. The molecule has 1 aliphatic heterocycles. The maximum Gasteiger partial charge on any atom is 0.408 e. The van der Waals surface area contributed by atoms with E-state index >= 15 is 0 Å². The number of carbonyl (C=O) groups excluding carboxylic acids is 6. The molecule has 4 rings (SSSR count). The van der Waals surface area contributed by atoms with E-state index in [2.05, 4.69) is 29.8 Å². The van der Waals surface area contributed by atoms with Crippen LogP contribution in [0, 0.1) is 28.6 Å². The van der Waals surface area contributed by atoms with Crippen molar-refractivity contribution < 1.29 is 33.5 Å². The number of piperidine rings is 1. The molecule has 1 aromatic carbocycles. The number of rotatable bonds is 13. The molecular formula is C38H56N4O7. The number of amides is 4. The Morgan fingerprint density at radius 2 is 1.57 bits per heavy atom. The number of alkyl carbamates (subject to hydrolysis) is 1. The first kappa shape index (κ1) is 38.0. The third-order valence-corrected chi connectivity index (χ3v) is 10.1. The third kappa shape index (κ3) is 9.28. The van der Waals surface area contributed by atoms with Gasteiger partial charge in [-0.3, -0.25) is 24.0 Å². The van der Waals surface area contributed by atoms with Crippen molar-refractivity contribution >= 4 is 35.4 Å². The van der Waals surface area contributed by atoms with Gasteiger partial charge < -0.3 is 25.6 Å². The molecule has 4 amide bonds. The van der Waals surface area contributed by atoms with Crippen LogP contribution in [-0.4, -0.2) is 77.1 Å². The second-order valence-electron chi connectivity index (χ2n) is 16.9. The van der Waals surface area contributed by atoms with Crippen LogP contribution in [-0.2, 0) is 41.6 Å². The van der Waals surface area contributed by atoms with Crippen LogP contribution in [0.5, 0.6) is 0 Å². The van der Waals surface area contributed by atoms with Gasteiger partial charge >= 0.3 is 6.09 Å². The van der Waals surface area contributed by atoms with Gasteiger partial charge in [0, 0.05) is 25.9 Å². The summed E-state index contributed by atoms with van der Waals surface area (Å²) in [7, 11) is 0. The topological polar surface area (TPSA) is 151 Å². The normalized spacial score (nSPS) is 22.3. The lowest BCUT2D eigenvalue weighted by Gasteiger charge is -2.35. The molecule has 3 unspecified atom stereocenters. The summed E-state index contributed by atoms with van der Waals surface area (Å²) in [6.07, 6.45) is 1.73.